The van der Waals surface area contributed by atoms with Gasteiger partial charge in [-0.05, 0) is 29.3 Å². The van der Waals surface area contributed by atoms with Gasteiger partial charge in [0.25, 0.3) is 5.91 Å². The van der Waals surface area contributed by atoms with Crippen LogP contribution in [0.15, 0.2) is 47.1 Å². The molecule has 0 fully saturated rings. The van der Waals surface area contributed by atoms with Crippen LogP contribution in [0, 0.1) is 0 Å². The minimum absolute atomic E-state index is 0.188. The van der Waals surface area contributed by atoms with Crippen molar-refractivity contribution >= 4 is 21.8 Å². The van der Waals surface area contributed by atoms with E-state index in [4.69, 9.17) is 5.73 Å². The summed E-state index contributed by atoms with van der Waals surface area (Å²) in [5, 5.41) is 2.82. The molecule has 1 aromatic carbocycles. The van der Waals surface area contributed by atoms with E-state index in [1.165, 1.54) is 0 Å². The van der Waals surface area contributed by atoms with Crippen LogP contribution in [-0.2, 0) is 13.1 Å². The molecule has 19 heavy (non-hydrogen) atoms. The SMILES string of the molecule is NCc1ccc(C(=O)NCc2ccc(Br)cc2)nc1. The third kappa shape index (κ3) is 3.87. The number of carbonyl (C=O) groups excluding carboxylic acids is 1. The zero-order valence-corrected chi connectivity index (χ0v) is 11.9. The number of halogens is 1. The minimum Gasteiger partial charge on any atom is -0.347 e. The number of nitrogens with zero attached hydrogens (tertiary/aromatic N) is 1. The maximum atomic E-state index is 11.9. The fourth-order valence-electron chi connectivity index (χ4n) is 1.55. The van der Waals surface area contributed by atoms with Gasteiger partial charge in [-0.15, -0.1) is 0 Å². The number of nitrogens with one attached hydrogen (secondary N) is 1. The fourth-order valence-corrected chi connectivity index (χ4v) is 1.82. The fraction of sp³-hybridized carbons (Fsp3) is 0.143. The minimum atomic E-state index is -0.188. The Labute approximate surface area is 120 Å². The van der Waals surface area contributed by atoms with Gasteiger partial charge in [-0.2, -0.15) is 0 Å². The maximum absolute atomic E-state index is 11.9. The normalized spacial score (nSPS) is 10.2. The molecule has 0 spiro atoms. The molecule has 5 heteroatoms. The van der Waals surface area contributed by atoms with Gasteiger partial charge in [0.2, 0.25) is 0 Å². The molecule has 3 N–H and O–H groups in total. The molecule has 2 aromatic rings. The molecule has 0 bridgehead atoms. The molecule has 0 unspecified atom stereocenters. The lowest BCUT2D eigenvalue weighted by Gasteiger charge is -2.05. The van der Waals surface area contributed by atoms with E-state index in [1.54, 1.807) is 12.3 Å². The molecule has 98 valence electrons. The number of hydrogen-bond donors (Lipinski definition) is 2. The Bertz CT molecular complexity index is 552. The van der Waals surface area contributed by atoms with Gasteiger partial charge in [-0.1, -0.05) is 34.1 Å². The first kappa shape index (κ1) is 13.7. The Kier molecular flexibility index (Phi) is 4.65. The highest BCUT2D eigenvalue weighted by Crippen LogP contribution is 2.10. The third-order valence-corrected chi connectivity index (χ3v) is 3.19. The Morgan fingerprint density at radius 3 is 2.42 bits per heavy atom. The third-order valence-electron chi connectivity index (χ3n) is 2.66. The summed E-state index contributed by atoms with van der Waals surface area (Å²) >= 11 is 3.37. The van der Waals surface area contributed by atoms with E-state index in [0.29, 0.717) is 18.8 Å². The van der Waals surface area contributed by atoms with Gasteiger partial charge in [0.15, 0.2) is 0 Å². The van der Waals surface area contributed by atoms with Gasteiger partial charge < -0.3 is 11.1 Å². The molecule has 0 saturated carbocycles. The maximum Gasteiger partial charge on any atom is 0.270 e. The average molecular weight is 320 g/mol. The van der Waals surface area contributed by atoms with Crippen LogP contribution in [-0.4, -0.2) is 10.9 Å². The summed E-state index contributed by atoms with van der Waals surface area (Å²) in [6.07, 6.45) is 1.62. The van der Waals surface area contributed by atoms with E-state index >= 15 is 0 Å². The largest absolute Gasteiger partial charge is 0.347 e. The summed E-state index contributed by atoms with van der Waals surface area (Å²) in [6, 6.07) is 11.3. The first-order valence-corrected chi connectivity index (χ1v) is 6.66. The summed E-state index contributed by atoms with van der Waals surface area (Å²) < 4.78 is 1.02. The van der Waals surface area contributed by atoms with Crippen LogP contribution in [0.25, 0.3) is 0 Å². The van der Waals surface area contributed by atoms with E-state index < -0.39 is 0 Å². The number of hydrogen-bond acceptors (Lipinski definition) is 3. The summed E-state index contributed by atoms with van der Waals surface area (Å²) in [5.74, 6) is -0.188. The van der Waals surface area contributed by atoms with E-state index in [1.807, 2.05) is 30.3 Å². The molecular weight excluding hydrogens is 306 g/mol. The zero-order valence-electron chi connectivity index (χ0n) is 10.3. The van der Waals surface area contributed by atoms with Gasteiger partial charge in [0, 0.05) is 23.8 Å². The second kappa shape index (κ2) is 6.45. The molecule has 1 heterocycles. The molecule has 0 atom stereocenters. The number of amides is 1. The highest BCUT2D eigenvalue weighted by atomic mass is 79.9. The van der Waals surface area contributed by atoms with Crippen molar-refractivity contribution in [3.8, 4) is 0 Å². The van der Waals surface area contributed by atoms with Crippen LogP contribution >= 0.6 is 15.9 Å². The van der Waals surface area contributed by atoms with Crippen molar-refractivity contribution in [3.05, 3.63) is 63.9 Å². The number of pyridine rings is 1. The summed E-state index contributed by atoms with van der Waals surface area (Å²) in [6.45, 7) is 0.903. The number of nitrogens with two attached hydrogens (primary N) is 1. The molecule has 0 aliphatic carbocycles. The second-order valence-corrected chi connectivity index (χ2v) is 4.98. The van der Waals surface area contributed by atoms with Gasteiger partial charge in [0.05, 0.1) is 0 Å². The Balaban J connectivity index is 1.95. The topological polar surface area (TPSA) is 68.0 Å². The van der Waals surface area contributed by atoms with E-state index in [0.717, 1.165) is 15.6 Å². The van der Waals surface area contributed by atoms with E-state index in [9.17, 15) is 4.79 Å². The second-order valence-electron chi connectivity index (χ2n) is 4.06. The van der Waals surface area contributed by atoms with Crippen LogP contribution < -0.4 is 11.1 Å². The molecular formula is C14H14BrN3O. The molecule has 0 radical (unpaired) electrons. The van der Waals surface area contributed by atoms with Gasteiger partial charge in [0.1, 0.15) is 5.69 Å². The van der Waals surface area contributed by atoms with E-state index in [-0.39, 0.29) is 5.91 Å². The Hall–Kier alpha value is -1.72. The van der Waals surface area contributed by atoms with Gasteiger partial charge >= 0.3 is 0 Å². The number of rotatable bonds is 4. The van der Waals surface area contributed by atoms with Crippen molar-refractivity contribution in [3.63, 3.8) is 0 Å². The smallest absolute Gasteiger partial charge is 0.270 e. The standard InChI is InChI=1S/C14H14BrN3O/c15-12-4-1-10(2-5-12)8-18-14(19)13-6-3-11(7-16)9-17-13/h1-6,9H,7-8,16H2,(H,18,19). The molecule has 4 nitrogen and oxygen atoms in total. The van der Waals surface area contributed by atoms with Crippen LogP contribution in [0.1, 0.15) is 21.6 Å². The first-order valence-electron chi connectivity index (χ1n) is 5.86. The van der Waals surface area contributed by atoms with Crippen LogP contribution in [0.4, 0.5) is 0 Å². The highest BCUT2D eigenvalue weighted by molar-refractivity contribution is 9.10. The molecule has 2 rings (SSSR count). The average Bonchev–Trinajstić information content (AvgIpc) is 2.46. The molecule has 0 aliphatic rings. The lowest BCUT2D eigenvalue weighted by molar-refractivity contribution is 0.0946. The first-order chi connectivity index (χ1) is 9.19. The van der Waals surface area contributed by atoms with Crippen LogP contribution in [0.5, 0.6) is 0 Å². The molecule has 0 saturated heterocycles. The predicted octanol–water partition coefficient (Wildman–Crippen LogP) is 2.23. The number of benzene rings is 1. The number of carbonyl (C=O) groups is 1. The Morgan fingerprint density at radius 2 is 1.84 bits per heavy atom. The summed E-state index contributed by atoms with van der Waals surface area (Å²) in [5.41, 5.74) is 7.82. The quantitative estimate of drug-likeness (QED) is 0.908. The molecule has 1 amide bonds. The predicted molar refractivity (Wildman–Crippen MR) is 77.4 cm³/mol. The Morgan fingerprint density at radius 1 is 1.16 bits per heavy atom. The van der Waals surface area contributed by atoms with Crippen molar-refractivity contribution in [1.29, 1.82) is 0 Å². The number of aromatic nitrogens is 1. The van der Waals surface area contributed by atoms with Crippen molar-refractivity contribution in [2.75, 3.05) is 0 Å². The van der Waals surface area contributed by atoms with Gasteiger partial charge in [-0.25, -0.2) is 0 Å². The van der Waals surface area contributed by atoms with Crippen molar-refractivity contribution < 1.29 is 4.79 Å². The van der Waals surface area contributed by atoms with Crippen molar-refractivity contribution in [1.82, 2.24) is 10.3 Å². The van der Waals surface area contributed by atoms with Crippen LogP contribution in [0.2, 0.25) is 0 Å². The monoisotopic (exact) mass is 319 g/mol. The van der Waals surface area contributed by atoms with E-state index in [2.05, 4.69) is 26.2 Å². The van der Waals surface area contributed by atoms with Crippen molar-refractivity contribution in [2.24, 2.45) is 5.73 Å². The van der Waals surface area contributed by atoms with Crippen LogP contribution in [0.3, 0.4) is 0 Å². The lowest BCUT2D eigenvalue weighted by Crippen LogP contribution is -2.23. The lowest BCUT2D eigenvalue weighted by atomic mass is 10.2. The van der Waals surface area contributed by atoms with Gasteiger partial charge in [-0.3, -0.25) is 9.78 Å². The molecule has 1 aromatic heterocycles. The highest BCUT2D eigenvalue weighted by Gasteiger charge is 2.06. The van der Waals surface area contributed by atoms with Crippen molar-refractivity contribution in [2.45, 2.75) is 13.1 Å². The summed E-state index contributed by atoms with van der Waals surface area (Å²) in [7, 11) is 0. The summed E-state index contributed by atoms with van der Waals surface area (Å²) in [4.78, 5) is 15.9. The zero-order chi connectivity index (χ0) is 13.7. The molecule has 0 aliphatic heterocycles.